The van der Waals surface area contributed by atoms with Crippen LogP contribution in [0.3, 0.4) is 0 Å². The smallest absolute Gasteiger partial charge is 0.238 e. The molecule has 168 valence electrons. The van der Waals surface area contributed by atoms with Gasteiger partial charge in [-0.05, 0) is 48.9 Å². The van der Waals surface area contributed by atoms with Crippen LogP contribution in [-0.4, -0.2) is 34.5 Å². The van der Waals surface area contributed by atoms with E-state index in [1.54, 1.807) is 36.5 Å². The highest BCUT2D eigenvalue weighted by Gasteiger charge is 2.69. The number of halogens is 1. The molecule has 1 N–H and O–H groups in total. The number of nitrogens with one attached hydrogen (secondary N) is 1. The molecule has 3 aliphatic heterocycles. The number of ketones is 2. The van der Waals surface area contributed by atoms with E-state index in [1.165, 1.54) is 25.3 Å². The Bertz CT molecular complexity index is 1400. The molecule has 2 aromatic carbocycles. The summed E-state index contributed by atoms with van der Waals surface area (Å²) in [6, 6.07) is 13.4. The number of amides is 1. The summed E-state index contributed by atoms with van der Waals surface area (Å²) in [6.45, 7) is 1.44. The van der Waals surface area contributed by atoms with Crippen molar-refractivity contribution in [2.45, 2.75) is 24.4 Å². The number of fused-ring (bicyclic) bond motifs is 6. The van der Waals surface area contributed by atoms with Crippen molar-refractivity contribution in [3.8, 4) is 0 Å². The number of para-hydroxylation sites is 1. The Morgan fingerprint density at radius 3 is 2.71 bits per heavy atom. The van der Waals surface area contributed by atoms with Gasteiger partial charge in [-0.15, -0.1) is 0 Å². The third kappa shape index (κ3) is 2.55. The predicted molar refractivity (Wildman–Crippen MR) is 125 cm³/mol. The van der Waals surface area contributed by atoms with Crippen LogP contribution in [0.5, 0.6) is 0 Å². The van der Waals surface area contributed by atoms with E-state index >= 15 is 0 Å². The molecule has 1 fully saturated rings. The van der Waals surface area contributed by atoms with Gasteiger partial charge in [-0.1, -0.05) is 30.4 Å². The molecule has 0 saturated carbocycles. The van der Waals surface area contributed by atoms with Crippen LogP contribution in [0, 0.1) is 11.7 Å². The number of aromatic nitrogens is 1. The first-order chi connectivity index (χ1) is 16.4. The summed E-state index contributed by atoms with van der Waals surface area (Å²) in [5.74, 6) is -2.31. The maximum Gasteiger partial charge on any atom is 0.238 e. The van der Waals surface area contributed by atoms with Gasteiger partial charge in [0.05, 0.1) is 18.0 Å². The number of benzene rings is 2. The fraction of sp³-hybridized carbons (Fsp3) is 0.185. The van der Waals surface area contributed by atoms with Crippen molar-refractivity contribution in [2.24, 2.45) is 5.92 Å². The van der Waals surface area contributed by atoms with Crippen LogP contribution >= 0.6 is 0 Å². The zero-order chi connectivity index (χ0) is 23.6. The molecule has 1 spiro atoms. The first kappa shape index (κ1) is 20.5. The minimum Gasteiger partial charge on any atom is -0.352 e. The van der Waals surface area contributed by atoms with Crippen molar-refractivity contribution in [3.63, 3.8) is 0 Å². The Labute approximate surface area is 195 Å². The average Bonchev–Trinajstić information content (AvgIpc) is 3.32. The van der Waals surface area contributed by atoms with Gasteiger partial charge in [-0.25, -0.2) is 4.39 Å². The van der Waals surface area contributed by atoms with E-state index in [9.17, 15) is 18.8 Å². The summed E-state index contributed by atoms with van der Waals surface area (Å²) < 4.78 is 14.0. The van der Waals surface area contributed by atoms with Crippen LogP contribution in [0.25, 0.3) is 6.08 Å². The molecule has 6 rings (SSSR count). The Morgan fingerprint density at radius 2 is 1.94 bits per heavy atom. The fourth-order valence-corrected chi connectivity index (χ4v) is 5.99. The van der Waals surface area contributed by atoms with Gasteiger partial charge < -0.3 is 10.2 Å². The monoisotopic (exact) mass is 453 g/mol. The second kappa shape index (κ2) is 7.18. The highest BCUT2D eigenvalue weighted by molar-refractivity contribution is 6.16. The average molecular weight is 453 g/mol. The Hall–Kier alpha value is -4.13. The maximum atomic E-state index is 14.1. The van der Waals surface area contributed by atoms with Gasteiger partial charge in [0.25, 0.3) is 0 Å². The molecule has 0 bridgehead atoms. The summed E-state index contributed by atoms with van der Waals surface area (Å²) in [7, 11) is 0. The quantitative estimate of drug-likeness (QED) is 0.611. The summed E-state index contributed by atoms with van der Waals surface area (Å²) in [5.41, 5.74) is 1.50. The lowest BCUT2D eigenvalue weighted by atomic mass is 9.64. The van der Waals surface area contributed by atoms with E-state index in [0.29, 0.717) is 28.1 Å². The second-order valence-electron chi connectivity index (χ2n) is 8.92. The molecule has 3 aromatic rings. The van der Waals surface area contributed by atoms with E-state index in [-0.39, 0.29) is 17.5 Å². The fourth-order valence-electron chi connectivity index (χ4n) is 5.99. The molecule has 0 aliphatic carbocycles. The van der Waals surface area contributed by atoms with Crippen molar-refractivity contribution in [1.82, 2.24) is 4.98 Å². The van der Waals surface area contributed by atoms with E-state index < -0.39 is 29.2 Å². The molecule has 1 saturated heterocycles. The van der Waals surface area contributed by atoms with Crippen LogP contribution in [0.4, 0.5) is 15.8 Å². The minimum absolute atomic E-state index is 0.244. The first-order valence-corrected chi connectivity index (χ1v) is 11.1. The van der Waals surface area contributed by atoms with E-state index in [1.807, 2.05) is 29.2 Å². The largest absolute Gasteiger partial charge is 0.352 e. The number of Topliss-reactive ketones (excluding diaryl/α,β-unsaturated/α-hetero) is 2. The molecule has 6 nitrogen and oxygen atoms in total. The van der Waals surface area contributed by atoms with E-state index in [0.717, 1.165) is 0 Å². The van der Waals surface area contributed by atoms with Crippen molar-refractivity contribution < 1.29 is 18.8 Å². The van der Waals surface area contributed by atoms with Crippen LogP contribution in [0.2, 0.25) is 0 Å². The molecule has 3 aliphatic rings. The van der Waals surface area contributed by atoms with Gasteiger partial charge in [0, 0.05) is 34.9 Å². The van der Waals surface area contributed by atoms with Crippen LogP contribution in [0.15, 0.2) is 73.1 Å². The molecule has 0 radical (unpaired) electrons. The van der Waals surface area contributed by atoms with Gasteiger partial charge in [0.15, 0.2) is 11.6 Å². The highest BCUT2D eigenvalue weighted by atomic mass is 19.1. The molecular weight excluding hydrogens is 433 g/mol. The Morgan fingerprint density at radius 1 is 1.12 bits per heavy atom. The first-order valence-electron chi connectivity index (χ1n) is 11.1. The molecule has 7 heteroatoms. The number of nitrogens with zero attached hydrogens (tertiary/aromatic N) is 2. The summed E-state index contributed by atoms with van der Waals surface area (Å²) in [6.07, 6.45) is 6.61. The number of carbonyl (C=O) groups is 3. The van der Waals surface area contributed by atoms with Gasteiger partial charge in [0.1, 0.15) is 11.2 Å². The molecule has 0 unspecified atom stereocenters. The Kier molecular flexibility index (Phi) is 4.33. The SMILES string of the molecule is CC(=O)[C@@H]1[C@H](C(=O)c2cccnc2)[C@]2(C(=O)Nc3ccccc32)[C@H]2C=Cc3cc(F)ccc3N12. The number of rotatable bonds is 3. The predicted octanol–water partition coefficient (Wildman–Crippen LogP) is 3.78. The van der Waals surface area contributed by atoms with Crippen LogP contribution in [-0.2, 0) is 15.0 Å². The van der Waals surface area contributed by atoms with Crippen LogP contribution < -0.4 is 10.2 Å². The minimum atomic E-state index is -1.34. The topological polar surface area (TPSA) is 79.4 Å². The van der Waals surface area contributed by atoms with Crippen molar-refractivity contribution >= 4 is 34.9 Å². The number of hydrogen-bond acceptors (Lipinski definition) is 5. The molecule has 1 amide bonds. The molecule has 4 heterocycles. The standard InChI is InChI=1S/C27H20FN3O3/c1-15(32)24-23(25(33)17-5-4-12-29-14-17)27(19-6-2-3-7-20(19)30-26(27)34)22-11-8-16-13-18(28)9-10-21(16)31(22)24/h2-14,22-24H,1H3,(H,30,34)/t22-,23-,24-,27-/m1/s1. The normalized spacial score (nSPS) is 26.1. The van der Waals surface area contributed by atoms with Crippen molar-refractivity contribution in [1.29, 1.82) is 0 Å². The lowest BCUT2D eigenvalue weighted by molar-refractivity contribution is -0.122. The van der Waals surface area contributed by atoms with Gasteiger partial charge in [0.2, 0.25) is 5.91 Å². The van der Waals surface area contributed by atoms with E-state index in [2.05, 4.69) is 10.3 Å². The zero-order valence-corrected chi connectivity index (χ0v) is 18.2. The summed E-state index contributed by atoms with van der Waals surface area (Å²) in [4.78, 5) is 47.1. The number of anilines is 2. The molecule has 34 heavy (non-hydrogen) atoms. The molecule has 1 aromatic heterocycles. The number of hydrogen-bond donors (Lipinski definition) is 1. The van der Waals surface area contributed by atoms with Crippen molar-refractivity contribution in [2.75, 3.05) is 10.2 Å². The summed E-state index contributed by atoms with van der Waals surface area (Å²) in [5, 5.41) is 2.95. The van der Waals surface area contributed by atoms with Crippen LogP contribution in [0.1, 0.15) is 28.4 Å². The molecular formula is C27H20FN3O3. The van der Waals surface area contributed by atoms with Gasteiger partial charge in [-0.3, -0.25) is 19.4 Å². The van der Waals surface area contributed by atoms with E-state index in [4.69, 9.17) is 0 Å². The lowest BCUT2D eigenvalue weighted by Crippen LogP contribution is -2.51. The molecule has 4 atom stereocenters. The zero-order valence-electron chi connectivity index (χ0n) is 18.2. The highest BCUT2D eigenvalue weighted by Crippen LogP contribution is 2.57. The third-order valence-corrected chi connectivity index (χ3v) is 7.24. The summed E-state index contributed by atoms with van der Waals surface area (Å²) >= 11 is 0. The second-order valence-corrected chi connectivity index (χ2v) is 8.92. The van der Waals surface area contributed by atoms with Gasteiger partial charge >= 0.3 is 0 Å². The third-order valence-electron chi connectivity index (χ3n) is 7.24. The Balaban J connectivity index is 1.67. The lowest BCUT2D eigenvalue weighted by Gasteiger charge is -2.37. The maximum absolute atomic E-state index is 14.1. The van der Waals surface area contributed by atoms with Gasteiger partial charge in [-0.2, -0.15) is 0 Å². The number of pyridine rings is 1. The van der Waals surface area contributed by atoms with Crippen molar-refractivity contribution in [3.05, 3.63) is 95.6 Å². The number of carbonyl (C=O) groups excluding carboxylic acids is 3.